The Hall–Kier alpha value is -2.34. The Morgan fingerprint density at radius 2 is 2.09 bits per heavy atom. The van der Waals surface area contributed by atoms with Gasteiger partial charge in [-0.25, -0.2) is 0 Å². The number of fused-ring (bicyclic) bond motifs is 3. The molecule has 0 radical (unpaired) electrons. The van der Waals surface area contributed by atoms with Crippen molar-refractivity contribution in [3.05, 3.63) is 47.6 Å². The largest absolute Gasteiger partial charge is 0.452 e. The summed E-state index contributed by atoms with van der Waals surface area (Å²) in [6.07, 6.45) is 11.3. The number of benzene rings is 1. The third kappa shape index (κ3) is 5.97. The molecule has 2 aromatic rings. The maximum absolute atomic E-state index is 6.57. The van der Waals surface area contributed by atoms with Crippen molar-refractivity contribution in [1.82, 2.24) is 15.2 Å². The first-order valence-electron chi connectivity index (χ1n) is 12.3. The van der Waals surface area contributed by atoms with Crippen molar-refractivity contribution in [2.45, 2.75) is 77.6 Å². The Kier molecular flexibility index (Phi) is 8.07. The summed E-state index contributed by atoms with van der Waals surface area (Å²) in [5, 5.41) is 13.3. The first-order valence-corrected chi connectivity index (χ1v) is 13.2. The van der Waals surface area contributed by atoms with Gasteiger partial charge in [-0.15, -0.1) is 10.2 Å². The molecule has 2 heterocycles. The molecule has 1 aliphatic carbocycles. The summed E-state index contributed by atoms with van der Waals surface area (Å²) >= 11 is 1.65. The molecule has 0 bridgehead atoms. The summed E-state index contributed by atoms with van der Waals surface area (Å²) in [6, 6.07) is 8.25. The summed E-state index contributed by atoms with van der Waals surface area (Å²) in [7, 11) is 0. The zero-order valence-electron chi connectivity index (χ0n) is 20.3. The summed E-state index contributed by atoms with van der Waals surface area (Å²) < 4.78 is 6.57. The van der Waals surface area contributed by atoms with E-state index < -0.39 is 0 Å². The highest BCUT2D eigenvalue weighted by Crippen LogP contribution is 2.41. The van der Waals surface area contributed by atoms with E-state index in [0.29, 0.717) is 22.9 Å². The van der Waals surface area contributed by atoms with Gasteiger partial charge in [-0.2, -0.15) is 4.98 Å². The highest BCUT2D eigenvalue weighted by molar-refractivity contribution is 7.99. The Balaban J connectivity index is 1.56. The van der Waals surface area contributed by atoms with Crippen LogP contribution in [0.4, 0.5) is 5.69 Å². The highest BCUT2D eigenvalue weighted by atomic mass is 32.2. The zero-order chi connectivity index (χ0) is 23.2. The smallest absolute Gasteiger partial charge is 0.247 e. The normalized spacial score (nSPS) is 21.6. The predicted octanol–water partition coefficient (Wildman–Crippen LogP) is 7.28. The molecule has 0 fully saturated rings. The minimum atomic E-state index is -0.150. The fourth-order valence-electron chi connectivity index (χ4n) is 4.59. The van der Waals surface area contributed by atoms with Crippen molar-refractivity contribution >= 4 is 17.4 Å². The summed E-state index contributed by atoms with van der Waals surface area (Å²) in [5.41, 5.74) is 5.73. The number of unbranched alkanes of at least 4 members (excludes halogenated alkanes) is 1. The minimum Gasteiger partial charge on any atom is -0.452 e. The predicted molar refractivity (Wildman–Crippen MR) is 138 cm³/mol. The molecule has 1 aromatic carbocycles. The average molecular weight is 465 g/mol. The van der Waals surface area contributed by atoms with Gasteiger partial charge in [0.15, 0.2) is 11.9 Å². The van der Waals surface area contributed by atoms with Crippen molar-refractivity contribution in [2.24, 2.45) is 11.8 Å². The molecule has 176 valence electrons. The van der Waals surface area contributed by atoms with Gasteiger partial charge in [0.1, 0.15) is 0 Å². The van der Waals surface area contributed by atoms with Gasteiger partial charge in [0, 0.05) is 22.9 Å². The van der Waals surface area contributed by atoms with Crippen LogP contribution in [0.25, 0.3) is 11.3 Å². The number of ether oxygens (including phenoxy) is 1. The van der Waals surface area contributed by atoms with Gasteiger partial charge in [-0.3, -0.25) is 0 Å². The molecular formula is C27H36N4OS. The lowest BCUT2D eigenvalue weighted by Crippen LogP contribution is -2.39. The third-order valence-electron chi connectivity index (χ3n) is 6.48. The first-order chi connectivity index (χ1) is 16.0. The van der Waals surface area contributed by atoms with Crippen molar-refractivity contribution in [1.29, 1.82) is 0 Å². The quantitative estimate of drug-likeness (QED) is 0.252. The van der Waals surface area contributed by atoms with Crippen LogP contribution in [0.1, 0.15) is 66.2 Å². The number of thioether (sulfide) groups is 1. The molecule has 0 unspecified atom stereocenters. The SMILES string of the molecule is CCCCSc1nnc2c(n1)O[C@H]([C@H]1CC=C(CCC=C(C)C)C[C@H]1C)Nc1ccccc1-2. The van der Waals surface area contributed by atoms with Gasteiger partial charge in [-0.1, -0.05) is 73.5 Å². The number of rotatable bonds is 8. The first kappa shape index (κ1) is 23.8. The Morgan fingerprint density at radius 3 is 2.88 bits per heavy atom. The number of hydrogen-bond donors (Lipinski definition) is 1. The zero-order valence-corrected chi connectivity index (χ0v) is 21.1. The highest BCUT2D eigenvalue weighted by Gasteiger charge is 2.34. The van der Waals surface area contributed by atoms with E-state index in [4.69, 9.17) is 9.72 Å². The van der Waals surface area contributed by atoms with Gasteiger partial charge in [0.05, 0.1) is 0 Å². The summed E-state index contributed by atoms with van der Waals surface area (Å²) in [4.78, 5) is 4.79. The standard InChI is InChI=1S/C27H36N4OS/c1-5-6-16-33-27-29-26-24(30-31-27)22-12-7-8-13-23(22)28-25(32-26)21-15-14-20(17-19(21)4)11-9-10-18(2)3/h7-8,10,12-14,19,21,25,28H,5-6,9,11,15-17H2,1-4H3/t19-,21+,25-/m1/s1. The van der Waals surface area contributed by atoms with Crippen LogP contribution in [-0.2, 0) is 0 Å². The van der Waals surface area contributed by atoms with Crippen LogP contribution in [0.3, 0.4) is 0 Å². The molecule has 0 amide bonds. The van der Waals surface area contributed by atoms with Crippen molar-refractivity contribution in [2.75, 3.05) is 11.1 Å². The van der Waals surface area contributed by atoms with Crippen LogP contribution in [0, 0.1) is 11.8 Å². The van der Waals surface area contributed by atoms with Crippen LogP contribution < -0.4 is 10.1 Å². The molecule has 4 rings (SSSR count). The lowest BCUT2D eigenvalue weighted by atomic mass is 9.78. The van der Waals surface area contributed by atoms with Gasteiger partial charge in [0.25, 0.3) is 0 Å². The van der Waals surface area contributed by atoms with E-state index in [1.807, 2.05) is 6.07 Å². The molecule has 1 N–H and O–H groups in total. The Morgan fingerprint density at radius 1 is 1.24 bits per heavy atom. The van der Waals surface area contributed by atoms with Crippen LogP contribution in [0.2, 0.25) is 0 Å². The number of hydrogen-bond acceptors (Lipinski definition) is 6. The minimum absolute atomic E-state index is 0.150. The molecule has 2 aliphatic rings. The van der Waals surface area contributed by atoms with Crippen molar-refractivity contribution < 1.29 is 4.74 Å². The van der Waals surface area contributed by atoms with Gasteiger partial charge in [0.2, 0.25) is 11.0 Å². The van der Waals surface area contributed by atoms with Crippen LogP contribution >= 0.6 is 11.8 Å². The van der Waals surface area contributed by atoms with E-state index in [2.05, 4.69) is 73.6 Å². The third-order valence-corrected chi connectivity index (χ3v) is 7.41. The molecule has 1 aliphatic heterocycles. The number of nitrogens with one attached hydrogen (secondary N) is 1. The molecule has 6 heteroatoms. The van der Waals surface area contributed by atoms with Crippen LogP contribution in [0.15, 0.2) is 52.7 Å². The number of para-hydroxylation sites is 1. The van der Waals surface area contributed by atoms with Gasteiger partial charge >= 0.3 is 0 Å². The second-order valence-corrected chi connectivity index (χ2v) is 10.5. The number of aromatic nitrogens is 3. The Labute approximate surface area is 202 Å². The Bertz CT molecular complexity index is 1010. The summed E-state index contributed by atoms with van der Waals surface area (Å²) in [6.45, 7) is 8.89. The summed E-state index contributed by atoms with van der Waals surface area (Å²) in [5.74, 6) is 2.48. The molecule has 0 spiro atoms. The van der Waals surface area contributed by atoms with Crippen molar-refractivity contribution in [3.63, 3.8) is 0 Å². The van der Waals surface area contributed by atoms with Gasteiger partial charge < -0.3 is 10.1 Å². The molecule has 0 saturated carbocycles. The molecule has 33 heavy (non-hydrogen) atoms. The van der Waals surface area contributed by atoms with E-state index in [-0.39, 0.29) is 6.23 Å². The monoisotopic (exact) mass is 464 g/mol. The van der Waals surface area contributed by atoms with Crippen molar-refractivity contribution in [3.8, 4) is 17.1 Å². The molecule has 0 saturated heterocycles. The second kappa shape index (κ2) is 11.2. The van der Waals surface area contributed by atoms with Crippen LogP contribution in [0.5, 0.6) is 5.88 Å². The molecule has 3 atom stereocenters. The van der Waals surface area contributed by atoms with Gasteiger partial charge in [-0.05, 0) is 57.9 Å². The topological polar surface area (TPSA) is 59.9 Å². The lowest BCUT2D eigenvalue weighted by Gasteiger charge is -2.35. The number of anilines is 1. The van der Waals surface area contributed by atoms with E-state index in [9.17, 15) is 0 Å². The second-order valence-electron chi connectivity index (χ2n) is 9.44. The molecule has 1 aromatic heterocycles. The van der Waals surface area contributed by atoms with E-state index in [1.54, 1.807) is 17.3 Å². The average Bonchev–Trinajstić information content (AvgIpc) is 2.95. The lowest BCUT2D eigenvalue weighted by molar-refractivity contribution is 0.114. The molecule has 5 nitrogen and oxygen atoms in total. The molecular weight excluding hydrogens is 428 g/mol. The maximum Gasteiger partial charge on any atom is 0.247 e. The fraction of sp³-hybridized carbons (Fsp3) is 0.519. The maximum atomic E-state index is 6.57. The van der Waals surface area contributed by atoms with Crippen LogP contribution in [-0.4, -0.2) is 27.2 Å². The van der Waals surface area contributed by atoms with E-state index in [1.165, 1.54) is 5.57 Å². The van der Waals surface area contributed by atoms with E-state index >= 15 is 0 Å². The fourth-order valence-corrected chi connectivity index (χ4v) is 5.45. The number of nitrogens with zero attached hydrogens (tertiary/aromatic N) is 3. The number of allylic oxidation sites excluding steroid dienone is 4. The van der Waals surface area contributed by atoms with E-state index in [0.717, 1.165) is 61.2 Å².